The van der Waals surface area contributed by atoms with E-state index in [1.54, 1.807) is 6.07 Å². The van der Waals surface area contributed by atoms with E-state index in [2.05, 4.69) is 33.0 Å². The van der Waals surface area contributed by atoms with Crippen molar-refractivity contribution in [1.29, 1.82) is 0 Å². The van der Waals surface area contributed by atoms with Crippen molar-refractivity contribution in [3.8, 4) is 11.5 Å². The average molecular weight is 340 g/mol. The van der Waals surface area contributed by atoms with Gasteiger partial charge in [0.15, 0.2) is 0 Å². The standard InChI is InChI=1S/C14H18BrN3O2/c1-3-5-12(19-4-2)13-17-14(20-18-13)9-6-10(15)8-11(16)7-9/h6-8,12H,3-5,16H2,1-2H3. The highest BCUT2D eigenvalue weighted by Crippen LogP contribution is 2.27. The molecule has 2 rings (SSSR count). The maximum Gasteiger partial charge on any atom is 0.258 e. The summed E-state index contributed by atoms with van der Waals surface area (Å²) in [5.74, 6) is 1.04. The molecule has 0 fully saturated rings. The minimum atomic E-state index is -0.119. The first-order valence-corrected chi connectivity index (χ1v) is 7.45. The maximum absolute atomic E-state index is 5.81. The molecule has 1 aromatic heterocycles. The Morgan fingerprint density at radius 3 is 2.80 bits per heavy atom. The van der Waals surface area contributed by atoms with Crippen LogP contribution in [-0.4, -0.2) is 16.7 Å². The van der Waals surface area contributed by atoms with Gasteiger partial charge in [-0.25, -0.2) is 0 Å². The molecule has 1 aromatic carbocycles. The van der Waals surface area contributed by atoms with Gasteiger partial charge in [-0.1, -0.05) is 34.4 Å². The van der Waals surface area contributed by atoms with Gasteiger partial charge >= 0.3 is 0 Å². The molecule has 1 unspecified atom stereocenters. The molecule has 2 aromatic rings. The molecule has 1 heterocycles. The van der Waals surface area contributed by atoms with Crippen LogP contribution in [-0.2, 0) is 4.74 Å². The monoisotopic (exact) mass is 339 g/mol. The molecule has 0 aliphatic carbocycles. The first kappa shape index (κ1) is 15.0. The van der Waals surface area contributed by atoms with E-state index in [9.17, 15) is 0 Å². The summed E-state index contributed by atoms with van der Waals surface area (Å²) in [4.78, 5) is 4.42. The number of hydrogen-bond donors (Lipinski definition) is 1. The third-order valence-corrected chi connectivity index (χ3v) is 3.27. The van der Waals surface area contributed by atoms with Crippen molar-refractivity contribution in [2.75, 3.05) is 12.3 Å². The molecular formula is C14H18BrN3O2. The number of ether oxygens (including phenoxy) is 1. The fourth-order valence-electron chi connectivity index (χ4n) is 1.97. The summed E-state index contributed by atoms with van der Waals surface area (Å²) >= 11 is 3.40. The zero-order valence-electron chi connectivity index (χ0n) is 11.6. The number of anilines is 1. The topological polar surface area (TPSA) is 74.2 Å². The van der Waals surface area contributed by atoms with Gasteiger partial charge in [0.2, 0.25) is 5.82 Å². The Labute approximate surface area is 126 Å². The Bertz CT molecular complexity index is 545. The first-order chi connectivity index (χ1) is 9.63. The number of hydrogen-bond acceptors (Lipinski definition) is 5. The largest absolute Gasteiger partial charge is 0.399 e. The number of aromatic nitrogens is 2. The fraction of sp³-hybridized carbons (Fsp3) is 0.429. The van der Waals surface area contributed by atoms with Gasteiger partial charge in [-0.05, 0) is 31.5 Å². The highest BCUT2D eigenvalue weighted by atomic mass is 79.9. The van der Waals surface area contributed by atoms with Crippen molar-refractivity contribution >= 4 is 21.6 Å². The molecule has 0 aliphatic heterocycles. The Kier molecular flexibility index (Phi) is 5.14. The quantitative estimate of drug-likeness (QED) is 0.806. The Balaban J connectivity index is 2.27. The lowest BCUT2D eigenvalue weighted by atomic mass is 10.2. The lowest BCUT2D eigenvalue weighted by molar-refractivity contribution is 0.0478. The second-order valence-electron chi connectivity index (χ2n) is 4.46. The van der Waals surface area contributed by atoms with Crippen LogP contribution in [0.25, 0.3) is 11.5 Å². The van der Waals surface area contributed by atoms with Gasteiger partial charge in [-0.3, -0.25) is 0 Å². The van der Waals surface area contributed by atoms with Crippen molar-refractivity contribution in [2.45, 2.75) is 32.8 Å². The molecule has 1 atom stereocenters. The van der Waals surface area contributed by atoms with Gasteiger partial charge in [0.05, 0.1) is 0 Å². The smallest absolute Gasteiger partial charge is 0.258 e. The van der Waals surface area contributed by atoms with Gasteiger partial charge < -0.3 is 15.0 Å². The summed E-state index contributed by atoms with van der Waals surface area (Å²) < 4.78 is 11.8. The van der Waals surface area contributed by atoms with Crippen LogP contribution in [0.1, 0.15) is 38.6 Å². The highest BCUT2D eigenvalue weighted by molar-refractivity contribution is 9.10. The third kappa shape index (κ3) is 3.58. The molecule has 6 heteroatoms. The molecule has 20 heavy (non-hydrogen) atoms. The zero-order chi connectivity index (χ0) is 14.5. The SMILES string of the molecule is CCCC(OCC)c1noc(-c2cc(N)cc(Br)c2)n1. The second-order valence-corrected chi connectivity index (χ2v) is 5.38. The van der Waals surface area contributed by atoms with Crippen molar-refractivity contribution in [2.24, 2.45) is 0 Å². The number of nitrogen functional groups attached to an aromatic ring is 1. The Morgan fingerprint density at radius 2 is 2.15 bits per heavy atom. The van der Waals surface area contributed by atoms with Crippen LogP contribution in [0.2, 0.25) is 0 Å². The average Bonchev–Trinajstić information content (AvgIpc) is 2.87. The van der Waals surface area contributed by atoms with E-state index in [1.165, 1.54) is 0 Å². The van der Waals surface area contributed by atoms with Crippen LogP contribution in [0.5, 0.6) is 0 Å². The number of halogens is 1. The van der Waals surface area contributed by atoms with Crippen LogP contribution in [0.3, 0.4) is 0 Å². The molecular weight excluding hydrogens is 322 g/mol. The molecule has 0 saturated heterocycles. The molecule has 2 N–H and O–H groups in total. The Morgan fingerprint density at radius 1 is 1.35 bits per heavy atom. The lowest BCUT2D eigenvalue weighted by Gasteiger charge is -2.11. The van der Waals surface area contributed by atoms with Gasteiger partial charge in [0.25, 0.3) is 5.89 Å². The van der Waals surface area contributed by atoms with Gasteiger partial charge in [-0.2, -0.15) is 4.98 Å². The van der Waals surface area contributed by atoms with Crippen LogP contribution in [0, 0.1) is 0 Å². The molecule has 108 valence electrons. The van der Waals surface area contributed by atoms with Crippen molar-refractivity contribution < 1.29 is 9.26 Å². The lowest BCUT2D eigenvalue weighted by Crippen LogP contribution is -2.05. The normalized spacial score (nSPS) is 12.6. The van der Waals surface area contributed by atoms with E-state index in [4.69, 9.17) is 15.0 Å². The molecule has 0 amide bonds. The summed E-state index contributed by atoms with van der Waals surface area (Å²) in [6.07, 6.45) is 1.75. The van der Waals surface area contributed by atoms with Crippen LogP contribution in [0.4, 0.5) is 5.69 Å². The van der Waals surface area contributed by atoms with Gasteiger partial charge in [0, 0.05) is 22.3 Å². The van der Waals surface area contributed by atoms with E-state index >= 15 is 0 Å². The fourth-order valence-corrected chi connectivity index (χ4v) is 2.48. The second kappa shape index (κ2) is 6.85. The molecule has 0 spiro atoms. The molecule has 0 radical (unpaired) electrons. The minimum absolute atomic E-state index is 0.119. The summed E-state index contributed by atoms with van der Waals surface area (Å²) in [7, 11) is 0. The van der Waals surface area contributed by atoms with Crippen LogP contribution < -0.4 is 5.73 Å². The molecule has 0 aliphatic rings. The Hall–Kier alpha value is -1.40. The third-order valence-electron chi connectivity index (χ3n) is 2.82. The van der Waals surface area contributed by atoms with E-state index in [1.807, 2.05) is 19.1 Å². The van der Waals surface area contributed by atoms with E-state index in [0.29, 0.717) is 24.0 Å². The van der Waals surface area contributed by atoms with Gasteiger partial charge in [-0.15, -0.1) is 0 Å². The molecule has 5 nitrogen and oxygen atoms in total. The zero-order valence-corrected chi connectivity index (χ0v) is 13.2. The summed E-state index contributed by atoms with van der Waals surface area (Å²) in [5, 5.41) is 4.02. The summed E-state index contributed by atoms with van der Waals surface area (Å²) in [6, 6.07) is 5.52. The minimum Gasteiger partial charge on any atom is -0.399 e. The van der Waals surface area contributed by atoms with Crippen molar-refractivity contribution in [1.82, 2.24) is 10.1 Å². The first-order valence-electron chi connectivity index (χ1n) is 6.65. The van der Waals surface area contributed by atoms with Crippen LogP contribution >= 0.6 is 15.9 Å². The predicted molar refractivity (Wildman–Crippen MR) is 81.1 cm³/mol. The summed E-state index contributed by atoms with van der Waals surface area (Å²) in [6.45, 7) is 4.68. The van der Waals surface area contributed by atoms with Crippen molar-refractivity contribution in [3.05, 3.63) is 28.5 Å². The van der Waals surface area contributed by atoms with E-state index in [0.717, 1.165) is 22.9 Å². The number of benzene rings is 1. The number of nitrogens with zero attached hydrogens (tertiary/aromatic N) is 2. The van der Waals surface area contributed by atoms with E-state index < -0.39 is 0 Å². The molecule has 0 bridgehead atoms. The number of rotatable bonds is 6. The van der Waals surface area contributed by atoms with Crippen LogP contribution in [0.15, 0.2) is 27.2 Å². The van der Waals surface area contributed by atoms with Gasteiger partial charge in [0.1, 0.15) is 6.10 Å². The highest BCUT2D eigenvalue weighted by Gasteiger charge is 2.18. The van der Waals surface area contributed by atoms with Crippen molar-refractivity contribution in [3.63, 3.8) is 0 Å². The maximum atomic E-state index is 5.81. The number of nitrogens with two attached hydrogens (primary N) is 1. The van der Waals surface area contributed by atoms with E-state index in [-0.39, 0.29) is 6.10 Å². The predicted octanol–water partition coefficient (Wildman–Crippen LogP) is 3.96. The molecule has 0 saturated carbocycles. The summed E-state index contributed by atoms with van der Waals surface area (Å²) in [5.41, 5.74) is 7.25.